The summed E-state index contributed by atoms with van der Waals surface area (Å²) in [5, 5.41) is 0. The Kier molecular flexibility index (Phi) is 15.0. The van der Waals surface area contributed by atoms with E-state index < -0.39 is 0 Å². The quantitative estimate of drug-likeness (QED) is 0.650. The maximum Gasteiger partial charge on any atom is 0.209 e. The van der Waals surface area contributed by atoms with E-state index in [0.717, 1.165) is 39.2 Å². The normalized spacial score (nSPS) is 15.7. The Labute approximate surface area is 94.2 Å². The van der Waals surface area contributed by atoms with E-state index in [9.17, 15) is 4.79 Å². The Balaban J connectivity index is 0. The molecule has 0 unspecified atom stereocenters. The van der Waals surface area contributed by atoms with Gasteiger partial charge in [-0.1, -0.05) is 13.8 Å². The molecule has 0 aliphatic carbocycles. The third-order valence-electron chi connectivity index (χ3n) is 1.98. The fourth-order valence-corrected chi connectivity index (χ4v) is 0.927. The van der Waals surface area contributed by atoms with E-state index in [1.165, 1.54) is 0 Å². The molecule has 0 aromatic carbocycles. The monoisotopic (exact) mass is 218 g/mol. The summed E-state index contributed by atoms with van der Waals surface area (Å²) in [5.74, 6) is 0. The summed E-state index contributed by atoms with van der Waals surface area (Å²) >= 11 is 0. The zero-order chi connectivity index (χ0) is 12.1. The van der Waals surface area contributed by atoms with E-state index in [0.29, 0.717) is 0 Å². The maximum atomic E-state index is 10.2. The molecule has 4 heteroatoms. The molecule has 0 bridgehead atoms. The number of methoxy groups -OCH3 is 1. The van der Waals surface area contributed by atoms with Gasteiger partial charge in [0.25, 0.3) is 0 Å². The highest BCUT2D eigenvalue weighted by molar-refractivity contribution is 5.47. The van der Waals surface area contributed by atoms with Crippen LogP contribution < -0.4 is 0 Å². The number of ether oxygens (including phenoxy) is 1. The van der Waals surface area contributed by atoms with Crippen LogP contribution in [0.3, 0.4) is 0 Å². The van der Waals surface area contributed by atoms with Crippen LogP contribution in [0.2, 0.25) is 0 Å². The van der Waals surface area contributed by atoms with Gasteiger partial charge in [-0.15, -0.1) is 0 Å². The Bertz CT molecular complexity index is 122. The number of nitrogens with zero attached hydrogens (tertiary/aromatic N) is 2. The molecule has 1 fully saturated rings. The van der Waals surface area contributed by atoms with Crippen molar-refractivity contribution >= 4 is 6.41 Å². The summed E-state index contributed by atoms with van der Waals surface area (Å²) in [5.41, 5.74) is 0. The van der Waals surface area contributed by atoms with Crippen LogP contribution in [-0.4, -0.2) is 63.2 Å². The minimum absolute atomic E-state index is 0.819. The number of rotatable bonds is 2. The maximum absolute atomic E-state index is 10.2. The summed E-state index contributed by atoms with van der Waals surface area (Å²) in [6.07, 6.45) is 0.924. The molecule has 1 amide bonds. The van der Waals surface area contributed by atoms with Gasteiger partial charge in [-0.3, -0.25) is 4.79 Å². The molecule has 0 aromatic rings. The number of piperazine rings is 1. The van der Waals surface area contributed by atoms with Gasteiger partial charge in [-0.25, -0.2) is 0 Å². The smallest absolute Gasteiger partial charge is 0.209 e. The number of amides is 1. The molecule has 1 aliphatic heterocycles. The van der Waals surface area contributed by atoms with Crippen LogP contribution in [0.5, 0.6) is 0 Å². The van der Waals surface area contributed by atoms with E-state index in [1.54, 1.807) is 12.0 Å². The molecule has 4 nitrogen and oxygen atoms in total. The van der Waals surface area contributed by atoms with Gasteiger partial charge in [0.1, 0.15) is 0 Å². The van der Waals surface area contributed by atoms with Crippen molar-refractivity contribution in [2.45, 2.75) is 20.8 Å². The molecule has 0 spiro atoms. The molecule has 1 heterocycles. The SMILES string of the molecule is CC.CCOC.CN1CCN(C=O)CC1. The first-order valence-electron chi connectivity index (χ1n) is 5.61. The van der Waals surface area contributed by atoms with Crippen molar-refractivity contribution in [1.29, 1.82) is 0 Å². The molecule has 0 atom stereocenters. The van der Waals surface area contributed by atoms with Crippen molar-refractivity contribution in [2.75, 3.05) is 46.9 Å². The second kappa shape index (κ2) is 13.4. The van der Waals surface area contributed by atoms with E-state index in [2.05, 4.69) is 16.7 Å². The zero-order valence-electron chi connectivity index (χ0n) is 10.8. The Morgan fingerprint density at radius 1 is 1.20 bits per heavy atom. The number of carbonyl (C=O) groups excluding carboxylic acids is 1. The van der Waals surface area contributed by atoms with Crippen molar-refractivity contribution in [1.82, 2.24) is 9.80 Å². The van der Waals surface area contributed by atoms with Crippen LogP contribution in [0, 0.1) is 0 Å². The fraction of sp³-hybridized carbons (Fsp3) is 0.909. The van der Waals surface area contributed by atoms with Crippen molar-refractivity contribution < 1.29 is 9.53 Å². The first-order valence-corrected chi connectivity index (χ1v) is 5.61. The van der Waals surface area contributed by atoms with Gasteiger partial charge in [0.2, 0.25) is 6.41 Å². The van der Waals surface area contributed by atoms with Gasteiger partial charge in [0.15, 0.2) is 0 Å². The molecule has 1 saturated heterocycles. The van der Waals surface area contributed by atoms with Crippen LogP contribution in [0.4, 0.5) is 0 Å². The number of carbonyl (C=O) groups is 1. The van der Waals surface area contributed by atoms with Gasteiger partial charge in [-0.2, -0.15) is 0 Å². The molecule has 1 rings (SSSR count). The van der Waals surface area contributed by atoms with Gasteiger partial charge in [0, 0.05) is 39.9 Å². The van der Waals surface area contributed by atoms with Crippen molar-refractivity contribution in [3.63, 3.8) is 0 Å². The molecule has 0 aromatic heterocycles. The summed E-state index contributed by atoms with van der Waals surface area (Å²) in [6, 6.07) is 0. The Hall–Kier alpha value is -0.610. The van der Waals surface area contributed by atoms with Crippen molar-refractivity contribution in [2.24, 2.45) is 0 Å². The van der Waals surface area contributed by atoms with Crippen LogP contribution in [0.25, 0.3) is 0 Å². The van der Waals surface area contributed by atoms with E-state index in [1.807, 2.05) is 20.8 Å². The fourth-order valence-electron chi connectivity index (χ4n) is 0.927. The molecule has 15 heavy (non-hydrogen) atoms. The summed E-state index contributed by atoms with van der Waals surface area (Å²) in [7, 11) is 3.75. The molecule has 0 radical (unpaired) electrons. The highest BCUT2D eigenvalue weighted by atomic mass is 16.5. The van der Waals surface area contributed by atoms with Crippen LogP contribution >= 0.6 is 0 Å². The van der Waals surface area contributed by atoms with Gasteiger partial charge >= 0.3 is 0 Å². The Morgan fingerprint density at radius 2 is 1.60 bits per heavy atom. The third kappa shape index (κ3) is 11.3. The minimum Gasteiger partial charge on any atom is -0.385 e. The molecule has 0 saturated carbocycles. The van der Waals surface area contributed by atoms with Crippen LogP contribution in [0.15, 0.2) is 0 Å². The molecular formula is C11H26N2O2. The number of hydrogen-bond donors (Lipinski definition) is 0. The zero-order valence-corrected chi connectivity index (χ0v) is 10.8. The second-order valence-electron chi connectivity index (χ2n) is 3.02. The first kappa shape index (κ1) is 16.8. The molecular weight excluding hydrogens is 192 g/mol. The average Bonchev–Trinajstić information content (AvgIpc) is 2.33. The first-order chi connectivity index (χ1) is 7.24. The standard InChI is InChI=1S/C6H12N2O.C3H8O.C2H6/c1-7-2-4-8(6-9)5-3-7;1-3-4-2;1-2/h6H,2-5H2,1H3;3H2,1-2H3;1-2H3. The second-order valence-corrected chi connectivity index (χ2v) is 3.02. The predicted octanol–water partition coefficient (Wildman–Crippen LogP) is 1.07. The molecule has 92 valence electrons. The number of hydrogen-bond acceptors (Lipinski definition) is 3. The highest BCUT2D eigenvalue weighted by Gasteiger charge is 2.10. The lowest BCUT2D eigenvalue weighted by atomic mass is 10.4. The molecule has 1 aliphatic rings. The number of likely N-dealkylation sites (N-methyl/N-ethyl adjacent to an activating group) is 1. The topological polar surface area (TPSA) is 32.8 Å². The van der Waals surface area contributed by atoms with Gasteiger partial charge < -0.3 is 14.5 Å². The van der Waals surface area contributed by atoms with Crippen molar-refractivity contribution in [3.8, 4) is 0 Å². The van der Waals surface area contributed by atoms with Crippen LogP contribution in [-0.2, 0) is 9.53 Å². The molecule has 0 N–H and O–H groups in total. The lowest BCUT2D eigenvalue weighted by Crippen LogP contribution is -2.43. The van der Waals surface area contributed by atoms with Gasteiger partial charge in [0.05, 0.1) is 0 Å². The van der Waals surface area contributed by atoms with E-state index in [4.69, 9.17) is 0 Å². The van der Waals surface area contributed by atoms with Crippen molar-refractivity contribution in [3.05, 3.63) is 0 Å². The average molecular weight is 218 g/mol. The van der Waals surface area contributed by atoms with E-state index >= 15 is 0 Å². The third-order valence-corrected chi connectivity index (χ3v) is 1.98. The van der Waals surface area contributed by atoms with Crippen LogP contribution in [0.1, 0.15) is 20.8 Å². The lowest BCUT2D eigenvalue weighted by Gasteiger charge is -2.29. The predicted molar refractivity (Wildman–Crippen MR) is 64.0 cm³/mol. The minimum atomic E-state index is 0.819. The van der Waals surface area contributed by atoms with Gasteiger partial charge in [-0.05, 0) is 14.0 Å². The lowest BCUT2D eigenvalue weighted by molar-refractivity contribution is -0.119. The van der Waals surface area contributed by atoms with E-state index in [-0.39, 0.29) is 0 Å². The Morgan fingerprint density at radius 3 is 1.87 bits per heavy atom. The largest absolute Gasteiger partial charge is 0.385 e. The summed E-state index contributed by atoms with van der Waals surface area (Å²) < 4.78 is 4.54. The highest BCUT2D eigenvalue weighted by Crippen LogP contribution is 1.94. The summed E-state index contributed by atoms with van der Waals surface area (Å²) in [4.78, 5) is 14.2. The summed E-state index contributed by atoms with van der Waals surface area (Å²) in [6.45, 7) is 10.6.